The average Bonchev–Trinajstić information content (AvgIpc) is 2.67. The average molecular weight is 212 g/mol. The van der Waals surface area contributed by atoms with E-state index in [0.717, 1.165) is 6.42 Å². The summed E-state index contributed by atoms with van der Waals surface area (Å²) in [5.41, 5.74) is 0. The van der Waals surface area contributed by atoms with E-state index in [-0.39, 0.29) is 12.1 Å². The van der Waals surface area contributed by atoms with Gasteiger partial charge in [0.2, 0.25) is 0 Å². The lowest BCUT2D eigenvalue weighted by molar-refractivity contribution is -0.149. The van der Waals surface area contributed by atoms with E-state index in [1.54, 1.807) is 0 Å². The molecular weight excluding hydrogens is 192 g/mol. The maximum atomic E-state index is 10.9. The smallest absolute Gasteiger partial charge is 0.302 e. The first-order chi connectivity index (χ1) is 7.00. The van der Waals surface area contributed by atoms with Crippen molar-refractivity contribution in [1.82, 2.24) is 0 Å². The van der Waals surface area contributed by atoms with Crippen molar-refractivity contribution in [2.45, 2.75) is 52.4 Å². The molecule has 0 aromatic rings. The van der Waals surface area contributed by atoms with Gasteiger partial charge in [0.1, 0.15) is 6.10 Å². The predicted octanol–water partition coefficient (Wildman–Crippen LogP) is 2.00. The molecule has 2 aliphatic heterocycles. The fraction of sp³-hybridized carbons (Fsp3) is 0.917. The molecule has 2 saturated heterocycles. The molecule has 0 N–H and O–H groups in total. The van der Waals surface area contributed by atoms with Crippen LogP contribution in [-0.2, 0) is 14.3 Å². The molecule has 2 aliphatic rings. The molecule has 0 amide bonds. The summed E-state index contributed by atoms with van der Waals surface area (Å²) in [5.74, 6) is 1.44. The van der Waals surface area contributed by atoms with Crippen molar-refractivity contribution in [3.05, 3.63) is 0 Å². The van der Waals surface area contributed by atoms with Crippen molar-refractivity contribution >= 4 is 5.97 Å². The molecule has 2 bridgehead atoms. The van der Waals surface area contributed by atoms with Gasteiger partial charge in [0.05, 0.1) is 12.2 Å². The fourth-order valence-electron chi connectivity index (χ4n) is 3.06. The largest absolute Gasteiger partial charge is 0.462 e. The van der Waals surface area contributed by atoms with Crippen LogP contribution in [0.5, 0.6) is 0 Å². The second-order valence-electron chi connectivity index (χ2n) is 5.07. The fourth-order valence-corrected chi connectivity index (χ4v) is 3.06. The van der Waals surface area contributed by atoms with E-state index in [2.05, 4.69) is 13.8 Å². The molecule has 0 aromatic heterocycles. The zero-order chi connectivity index (χ0) is 11.2. The van der Waals surface area contributed by atoms with Crippen molar-refractivity contribution in [2.24, 2.45) is 17.8 Å². The maximum absolute atomic E-state index is 10.9. The summed E-state index contributed by atoms with van der Waals surface area (Å²) < 4.78 is 11.2. The summed E-state index contributed by atoms with van der Waals surface area (Å²) in [6, 6.07) is 0. The Balaban J connectivity index is 2.00. The van der Waals surface area contributed by atoms with Crippen LogP contribution in [0.2, 0.25) is 0 Å². The highest BCUT2D eigenvalue weighted by molar-refractivity contribution is 5.66. The Morgan fingerprint density at radius 2 is 2.07 bits per heavy atom. The van der Waals surface area contributed by atoms with Gasteiger partial charge in [0.15, 0.2) is 0 Å². The number of hydrogen-bond donors (Lipinski definition) is 0. The molecular formula is C12H20O3. The van der Waals surface area contributed by atoms with Gasteiger partial charge in [0.25, 0.3) is 0 Å². The zero-order valence-corrected chi connectivity index (χ0v) is 9.90. The maximum Gasteiger partial charge on any atom is 0.302 e. The lowest BCUT2D eigenvalue weighted by atomic mass is 9.74. The molecule has 2 rings (SSSR count). The SMILES string of the molecule is CC(=O)OC(C)C1CC2OC1C(C)C2C. The lowest BCUT2D eigenvalue weighted by Gasteiger charge is -2.31. The van der Waals surface area contributed by atoms with Crippen LogP contribution in [0, 0.1) is 17.8 Å². The minimum atomic E-state index is -0.189. The molecule has 86 valence electrons. The quantitative estimate of drug-likeness (QED) is 0.657. The minimum absolute atomic E-state index is 0.00699. The Labute approximate surface area is 91.1 Å². The number of ether oxygens (including phenoxy) is 2. The van der Waals surface area contributed by atoms with Gasteiger partial charge >= 0.3 is 5.97 Å². The molecule has 6 atom stereocenters. The van der Waals surface area contributed by atoms with E-state index in [0.29, 0.717) is 30.0 Å². The summed E-state index contributed by atoms with van der Waals surface area (Å²) >= 11 is 0. The van der Waals surface area contributed by atoms with Crippen LogP contribution < -0.4 is 0 Å². The minimum Gasteiger partial charge on any atom is -0.462 e. The highest BCUT2D eigenvalue weighted by atomic mass is 16.6. The van der Waals surface area contributed by atoms with Crippen molar-refractivity contribution in [1.29, 1.82) is 0 Å². The number of rotatable bonds is 2. The van der Waals surface area contributed by atoms with E-state index in [1.165, 1.54) is 6.92 Å². The molecule has 2 fully saturated rings. The van der Waals surface area contributed by atoms with Crippen molar-refractivity contribution in [3.8, 4) is 0 Å². The third-order valence-electron chi connectivity index (χ3n) is 4.15. The predicted molar refractivity (Wildman–Crippen MR) is 56.3 cm³/mol. The monoisotopic (exact) mass is 212 g/mol. The van der Waals surface area contributed by atoms with Gasteiger partial charge in [-0.15, -0.1) is 0 Å². The Kier molecular flexibility index (Phi) is 2.75. The van der Waals surface area contributed by atoms with Crippen LogP contribution in [0.25, 0.3) is 0 Å². The second kappa shape index (κ2) is 3.78. The van der Waals surface area contributed by atoms with Crippen LogP contribution in [0.15, 0.2) is 0 Å². The summed E-state index contributed by atoms with van der Waals surface area (Å²) in [6.07, 6.45) is 1.71. The Morgan fingerprint density at radius 3 is 2.53 bits per heavy atom. The van der Waals surface area contributed by atoms with E-state index in [9.17, 15) is 4.79 Å². The van der Waals surface area contributed by atoms with Gasteiger partial charge in [-0.1, -0.05) is 13.8 Å². The van der Waals surface area contributed by atoms with E-state index < -0.39 is 0 Å². The van der Waals surface area contributed by atoms with Crippen molar-refractivity contribution < 1.29 is 14.3 Å². The molecule has 0 spiro atoms. The topological polar surface area (TPSA) is 35.5 Å². The highest BCUT2D eigenvalue weighted by Gasteiger charge is 2.52. The molecule has 3 nitrogen and oxygen atoms in total. The zero-order valence-electron chi connectivity index (χ0n) is 9.90. The Bertz CT molecular complexity index is 262. The first kappa shape index (κ1) is 10.9. The number of carbonyl (C=O) groups is 1. The van der Waals surface area contributed by atoms with Crippen LogP contribution in [0.4, 0.5) is 0 Å². The lowest BCUT2D eigenvalue weighted by Crippen LogP contribution is -2.37. The molecule has 3 heteroatoms. The van der Waals surface area contributed by atoms with E-state index in [1.807, 2.05) is 6.92 Å². The highest BCUT2D eigenvalue weighted by Crippen LogP contribution is 2.47. The van der Waals surface area contributed by atoms with Crippen LogP contribution in [-0.4, -0.2) is 24.3 Å². The number of esters is 1. The van der Waals surface area contributed by atoms with E-state index in [4.69, 9.17) is 9.47 Å². The summed E-state index contributed by atoms with van der Waals surface area (Å²) in [6.45, 7) is 7.94. The molecule has 0 aromatic carbocycles. The Hall–Kier alpha value is -0.570. The van der Waals surface area contributed by atoms with E-state index >= 15 is 0 Å². The Morgan fingerprint density at radius 1 is 1.40 bits per heavy atom. The third-order valence-corrected chi connectivity index (χ3v) is 4.15. The van der Waals surface area contributed by atoms with Gasteiger partial charge in [-0.3, -0.25) is 4.79 Å². The standard InChI is InChI=1S/C12H20O3/c1-6-7(2)12-10(5-11(6)15-12)8(3)14-9(4)13/h6-8,10-12H,5H2,1-4H3. The van der Waals surface area contributed by atoms with Crippen molar-refractivity contribution in [3.63, 3.8) is 0 Å². The van der Waals surface area contributed by atoms with Gasteiger partial charge in [0, 0.05) is 12.8 Å². The van der Waals surface area contributed by atoms with Crippen LogP contribution in [0.3, 0.4) is 0 Å². The van der Waals surface area contributed by atoms with Crippen molar-refractivity contribution in [2.75, 3.05) is 0 Å². The number of fused-ring (bicyclic) bond motifs is 2. The summed E-state index contributed by atoms with van der Waals surface area (Å²) in [5, 5.41) is 0. The molecule has 2 heterocycles. The van der Waals surface area contributed by atoms with Crippen LogP contribution in [0.1, 0.15) is 34.1 Å². The molecule has 0 aliphatic carbocycles. The molecule has 6 unspecified atom stereocenters. The molecule has 0 radical (unpaired) electrons. The summed E-state index contributed by atoms with van der Waals surface area (Å²) in [4.78, 5) is 10.9. The first-order valence-electron chi connectivity index (χ1n) is 5.83. The normalized spacial score (nSPS) is 45.5. The first-order valence-corrected chi connectivity index (χ1v) is 5.83. The van der Waals surface area contributed by atoms with Crippen LogP contribution >= 0.6 is 0 Å². The van der Waals surface area contributed by atoms with Gasteiger partial charge in [-0.25, -0.2) is 0 Å². The second-order valence-corrected chi connectivity index (χ2v) is 5.07. The van der Waals surface area contributed by atoms with Gasteiger partial charge in [-0.2, -0.15) is 0 Å². The third kappa shape index (κ3) is 1.78. The number of hydrogen-bond acceptors (Lipinski definition) is 3. The molecule has 0 saturated carbocycles. The molecule has 15 heavy (non-hydrogen) atoms. The van der Waals surface area contributed by atoms with Gasteiger partial charge < -0.3 is 9.47 Å². The summed E-state index contributed by atoms with van der Waals surface area (Å²) in [7, 11) is 0. The number of carbonyl (C=O) groups excluding carboxylic acids is 1. The van der Waals surface area contributed by atoms with Gasteiger partial charge in [-0.05, 0) is 25.2 Å².